The van der Waals surface area contributed by atoms with E-state index in [-0.39, 0.29) is 6.61 Å². The minimum Gasteiger partial charge on any atom is -0.498 e. The van der Waals surface area contributed by atoms with Gasteiger partial charge in [0.1, 0.15) is 11.9 Å². The van der Waals surface area contributed by atoms with Crippen molar-refractivity contribution in [3.8, 4) is 0 Å². The van der Waals surface area contributed by atoms with Gasteiger partial charge in [-0.1, -0.05) is 30.3 Å². The van der Waals surface area contributed by atoms with Gasteiger partial charge in [0, 0.05) is 5.57 Å². The Morgan fingerprint density at radius 3 is 2.33 bits per heavy atom. The van der Waals surface area contributed by atoms with Crippen LogP contribution in [0.15, 0.2) is 36.1 Å². The molecular formula is C12H16O3. The second-order valence-electron chi connectivity index (χ2n) is 3.25. The molecule has 82 valence electrons. The average Bonchev–Trinajstić information content (AvgIpc) is 2.26. The van der Waals surface area contributed by atoms with E-state index in [0.29, 0.717) is 11.3 Å². The molecule has 0 amide bonds. The van der Waals surface area contributed by atoms with Crippen LogP contribution in [0.1, 0.15) is 12.5 Å². The predicted molar refractivity (Wildman–Crippen MR) is 59.1 cm³/mol. The molecule has 0 fully saturated rings. The first-order valence-electron chi connectivity index (χ1n) is 4.82. The zero-order valence-corrected chi connectivity index (χ0v) is 8.97. The lowest BCUT2D eigenvalue weighted by Gasteiger charge is -2.15. The standard InChI is InChI=1S/C12H16O3/c1-9(14)12(15-2)11(8-13)10-6-4-3-5-7-10/h3-7,9,13-14H,8H2,1-2H3/b12-11-/t9-/m1/s1. The van der Waals surface area contributed by atoms with Gasteiger partial charge in [0.25, 0.3) is 0 Å². The Balaban J connectivity index is 3.17. The minimum absolute atomic E-state index is 0.155. The highest BCUT2D eigenvalue weighted by Crippen LogP contribution is 2.20. The zero-order chi connectivity index (χ0) is 11.3. The summed E-state index contributed by atoms with van der Waals surface area (Å²) in [5, 5.41) is 18.8. The zero-order valence-electron chi connectivity index (χ0n) is 8.97. The van der Waals surface area contributed by atoms with Crippen LogP contribution in [0.25, 0.3) is 5.57 Å². The lowest BCUT2D eigenvalue weighted by molar-refractivity contribution is 0.141. The van der Waals surface area contributed by atoms with Crippen LogP contribution in [-0.2, 0) is 4.74 Å². The van der Waals surface area contributed by atoms with Crippen molar-refractivity contribution in [2.24, 2.45) is 0 Å². The summed E-state index contributed by atoms with van der Waals surface area (Å²) >= 11 is 0. The van der Waals surface area contributed by atoms with Crippen LogP contribution >= 0.6 is 0 Å². The van der Waals surface area contributed by atoms with E-state index in [1.807, 2.05) is 30.3 Å². The Bertz CT molecular complexity index is 328. The van der Waals surface area contributed by atoms with Crippen molar-refractivity contribution in [1.82, 2.24) is 0 Å². The van der Waals surface area contributed by atoms with Crippen LogP contribution in [0.4, 0.5) is 0 Å². The molecule has 0 heterocycles. The van der Waals surface area contributed by atoms with Crippen molar-refractivity contribution >= 4 is 5.57 Å². The van der Waals surface area contributed by atoms with Crippen molar-refractivity contribution in [2.45, 2.75) is 13.0 Å². The molecule has 1 rings (SSSR count). The molecule has 1 atom stereocenters. The fourth-order valence-corrected chi connectivity index (χ4v) is 1.50. The second kappa shape index (κ2) is 5.53. The van der Waals surface area contributed by atoms with Crippen molar-refractivity contribution in [3.05, 3.63) is 41.7 Å². The highest BCUT2D eigenvalue weighted by molar-refractivity contribution is 5.68. The Labute approximate surface area is 89.6 Å². The summed E-state index contributed by atoms with van der Waals surface area (Å²) in [6.45, 7) is 1.45. The number of aliphatic hydroxyl groups is 2. The molecule has 0 saturated heterocycles. The van der Waals surface area contributed by atoms with E-state index >= 15 is 0 Å². The van der Waals surface area contributed by atoms with Gasteiger partial charge in [0.05, 0.1) is 13.7 Å². The fraction of sp³-hybridized carbons (Fsp3) is 0.333. The van der Waals surface area contributed by atoms with E-state index in [1.54, 1.807) is 6.92 Å². The van der Waals surface area contributed by atoms with Gasteiger partial charge in [0.2, 0.25) is 0 Å². The third-order valence-corrected chi connectivity index (χ3v) is 2.18. The maximum absolute atomic E-state index is 9.48. The summed E-state index contributed by atoms with van der Waals surface area (Å²) in [6.07, 6.45) is -0.725. The molecule has 3 heteroatoms. The van der Waals surface area contributed by atoms with Crippen molar-refractivity contribution in [1.29, 1.82) is 0 Å². The number of aliphatic hydroxyl groups excluding tert-OH is 2. The SMILES string of the molecule is CO/C(=C(/CO)c1ccccc1)[C@@H](C)O. The van der Waals surface area contributed by atoms with Gasteiger partial charge >= 0.3 is 0 Å². The second-order valence-corrected chi connectivity index (χ2v) is 3.25. The summed E-state index contributed by atoms with van der Waals surface area (Å²) in [6, 6.07) is 9.38. The molecule has 0 radical (unpaired) electrons. The minimum atomic E-state index is -0.725. The Morgan fingerprint density at radius 1 is 1.33 bits per heavy atom. The number of hydrogen-bond acceptors (Lipinski definition) is 3. The monoisotopic (exact) mass is 208 g/mol. The molecule has 0 saturated carbocycles. The van der Waals surface area contributed by atoms with Crippen molar-refractivity contribution in [2.75, 3.05) is 13.7 Å². The van der Waals surface area contributed by atoms with Gasteiger partial charge in [-0.25, -0.2) is 0 Å². The number of rotatable bonds is 4. The highest BCUT2D eigenvalue weighted by Gasteiger charge is 2.13. The summed E-state index contributed by atoms with van der Waals surface area (Å²) in [4.78, 5) is 0. The summed E-state index contributed by atoms with van der Waals surface area (Å²) in [7, 11) is 1.49. The van der Waals surface area contributed by atoms with Crippen LogP contribution in [0.3, 0.4) is 0 Å². The lowest BCUT2D eigenvalue weighted by Crippen LogP contribution is -2.11. The van der Waals surface area contributed by atoms with Gasteiger partial charge in [-0.05, 0) is 12.5 Å². The first-order chi connectivity index (χ1) is 7.20. The van der Waals surface area contributed by atoms with Gasteiger partial charge < -0.3 is 14.9 Å². The molecule has 0 aliphatic carbocycles. The van der Waals surface area contributed by atoms with Gasteiger partial charge in [-0.3, -0.25) is 0 Å². The molecule has 1 aromatic rings. The molecule has 15 heavy (non-hydrogen) atoms. The van der Waals surface area contributed by atoms with Crippen LogP contribution in [0.2, 0.25) is 0 Å². The molecule has 1 aromatic carbocycles. The van der Waals surface area contributed by atoms with Crippen LogP contribution in [0.5, 0.6) is 0 Å². The van der Waals surface area contributed by atoms with Gasteiger partial charge in [-0.15, -0.1) is 0 Å². The third kappa shape index (κ3) is 2.81. The predicted octanol–water partition coefficient (Wildman–Crippen LogP) is 1.42. The summed E-state index contributed by atoms with van der Waals surface area (Å²) in [5.41, 5.74) is 1.48. The van der Waals surface area contributed by atoms with Gasteiger partial charge in [-0.2, -0.15) is 0 Å². The van der Waals surface area contributed by atoms with Crippen LogP contribution < -0.4 is 0 Å². The average molecular weight is 208 g/mol. The lowest BCUT2D eigenvalue weighted by atomic mass is 10.0. The smallest absolute Gasteiger partial charge is 0.130 e. The summed E-state index contributed by atoms with van der Waals surface area (Å²) < 4.78 is 5.09. The Kier molecular flexibility index (Phi) is 4.34. The Morgan fingerprint density at radius 2 is 1.93 bits per heavy atom. The molecular weight excluding hydrogens is 192 g/mol. The molecule has 0 aromatic heterocycles. The van der Waals surface area contributed by atoms with E-state index in [2.05, 4.69) is 0 Å². The van der Waals surface area contributed by atoms with E-state index in [4.69, 9.17) is 4.74 Å². The van der Waals surface area contributed by atoms with E-state index < -0.39 is 6.10 Å². The van der Waals surface area contributed by atoms with E-state index in [0.717, 1.165) is 5.56 Å². The first kappa shape index (κ1) is 11.8. The van der Waals surface area contributed by atoms with Crippen molar-refractivity contribution < 1.29 is 14.9 Å². The molecule has 3 nitrogen and oxygen atoms in total. The third-order valence-electron chi connectivity index (χ3n) is 2.18. The molecule has 0 unspecified atom stereocenters. The fourth-order valence-electron chi connectivity index (χ4n) is 1.50. The van der Waals surface area contributed by atoms with Crippen molar-refractivity contribution in [3.63, 3.8) is 0 Å². The normalized spacial score (nSPS) is 14.4. The van der Waals surface area contributed by atoms with Crippen LogP contribution in [-0.4, -0.2) is 30.0 Å². The van der Waals surface area contributed by atoms with Crippen LogP contribution in [0, 0.1) is 0 Å². The maximum Gasteiger partial charge on any atom is 0.130 e. The quantitative estimate of drug-likeness (QED) is 0.736. The highest BCUT2D eigenvalue weighted by atomic mass is 16.5. The topological polar surface area (TPSA) is 49.7 Å². The summed E-state index contributed by atoms with van der Waals surface area (Å²) in [5.74, 6) is 0.406. The van der Waals surface area contributed by atoms with Gasteiger partial charge in [0.15, 0.2) is 0 Å². The molecule has 2 N–H and O–H groups in total. The largest absolute Gasteiger partial charge is 0.498 e. The molecule has 0 aliphatic rings. The Hall–Kier alpha value is -1.32. The molecule has 0 spiro atoms. The number of ether oxygens (including phenoxy) is 1. The van der Waals surface area contributed by atoms with E-state index in [9.17, 15) is 10.2 Å². The molecule has 0 aliphatic heterocycles. The maximum atomic E-state index is 9.48. The number of benzene rings is 1. The van der Waals surface area contributed by atoms with E-state index in [1.165, 1.54) is 7.11 Å². The molecule has 0 bridgehead atoms. The number of methoxy groups -OCH3 is 1. The number of hydrogen-bond donors (Lipinski definition) is 2. The first-order valence-corrected chi connectivity index (χ1v) is 4.82.